The van der Waals surface area contributed by atoms with Crippen LogP contribution in [0.2, 0.25) is 0 Å². The molecule has 3 N–H and O–H groups in total. The van der Waals surface area contributed by atoms with E-state index in [0.29, 0.717) is 19.4 Å². The molecule has 0 unspecified atom stereocenters. The average molecular weight is 321 g/mol. The van der Waals surface area contributed by atoms with Crippen LogP contribution < -0.4 is 5.32 Å². The van der Waals surface area contributed by atoms with Gasteiger partial charge in [-0.15, -0.1) is 0 Å². The van der Waals surface area contributed by atoms with E-state index in [-0.39, 0.29) is 17.4 Å². The Kier molecular flexibility index (Phi) is 4.66. The zero-order chi connectivity index (χ0) is 16.9. The minimum atomic E-state index is -0.163. The molecule has 0 atom stereocenters. The second-order valence-electron chi connectivity index (χ2n) is 5.74. The van der Waals surface area contributed by atoms with Crippen LogP contribution in [0.15, 0.2) is 60.7 Å². The highest BCUT2D eigenvalue weighted by atomic mass is 16.3. The van der Waals surface area contributed by atoms with Crippen LogP contribution in [0.5, 0.6) is 11.5 Å². The maximum Gasteiger partial charge on any atom is 0.220 e. The molecule has 3 aromatic rings. The van der Waals surface area contributed by atoms with Crippen molar-refractivity contribution < 1.29 is 15.0 Å². The highest BCUT2D eigenvalue weighted by Crippen LogP contribution is 2.25. The van der Waals surface area contributed by atoms with Crippen LogP contribution in [-0.2, 0) is 17.8 Å². The van der Waals surface area contributed by atoms with E-state index in [9.17, 15) is 15.0 Å². The van der Waals surface area contributed by atoms with Gasteiger partial charge in [-0.1, -0.05) is 48.5 Å². The van der Waals surface area contributed by atoms with Gasteiger partial charge < -0.3 is 15.5 Å². The van der Waals surface area contributed by atoms with Gasteiger partial charge in [0.1, 0.15) is 0 Å². The predicted octanol–water partition coefficient (Wildman–Crippen LogP) is 3.50. The average Bonchev–Trinajstić information content (AvgIpc) is 2.61. The monoisotopic (exact) mass is 321 g/mol. The SMILES string of the molecule is O=C(CCc1ccc(O)c(O)c1)NCc1cccc2ccccc12. The first-order chi connectivity index (χ1) is 11.6. The molecule has 0 heterocycles. The Balaban J connectivity index is 1.58. The van der Waals surface area contributed by atoms with Crippen molar-refractivity contribution in [3.8, 4) is 11.5 Å². The van der Waals surface area contributed by atoms with Crippen molar-refractivity contribution in [1.29, 1.82) is 0 Å². The zero-order valence-electron chi connectivity index (χ0n) is 13.2. The van der Waals surface area contributed by atoms with E-state index in [4.69, 9.17) is 0 Å². The van der Waals surface area contributed by atoms with E-state index in [2.05, 4.69) is 23.5 Å². The summed E-state index contributed by atoms with van der Waals surface area (Å²) in [4.78, 5) is 12.1. The van der Waals surface area contributed by atoms with Gasteiger partial charge in [-0.05, 0) is 40.5 Å². The molecule has 0 fully saturated rings. The molecule has 122 valence electrons. The van der Waals surface area contributed by atoms with Gasteiger partial charge in [-0.3, -0.25) is 4.79 Å². The third kappa shape index (κ3) is 3.66. The number of aromatic hydroxyl groups is 2. The van der Waals surface area contributed by atoms with Crippen molar-refractivity contribution in [2.45, 2.75) is 19.4 Å². The van der Waals surface area contributed by atoms with Gasteiger partial charge in [0.25, 0.3) is 0 Å². The Morgan fingerprint density at radius 2 is 1.71 bits per heavy atom. The topological polar surface area (TPSA) is 69.6 Å². The molecule has 3 aromatic carbocycles. The molecule has 0 radical (unpaired) electrons. The maximum absolute atomic E-state index is 12.1. The lowest BCUT2D eigenvalue weighted by molar-refractivity contribution is -0.121. The number of aryl methyl sites for hydroxylation is 1. The summed E-state index contributed by atoms with van der Waals surface area (Å²) in [6, 6.07) is 18.8. The molecule has 0 bridgehead atoms. The quantitative estimate of drug-likeness (QED) is 0.630. The van der Waals surface area contributed by atoms with Gasteiger partial charge in [-0.2, -0.15) is 0 Å². The number of benzene rings is 3. The van der Waals surface area contributed by atoms with Crippen LogP contribution in [0, 0.1) is 0 Å². The zero-order valence-corrected chi connectivity index (χ0v) is 13.2. The number of carbonyl (C=O) groups excluding carboxylic acids is 1. The predicted molar refractivity (Wildman–Crippen MR) is 93.9 cm³/mol. The Morgan fingerprint density at radius 1 is 0.917 bits per heavy atom. The Labute approximate surface area is 140 Å². The molecular weight excluding hydrogens is 302 g/mol. The summed E-state index contributed by atoms with van der Waals surface area (Å²) in [6.45, 7) is 0.487. The van der Waals surface area contributed by atoms with Crippen molar-refractivity contribution in [3.05, 3.63) is 71.8 Å². The molecule has 4 heteroatoms. The van der Waals surface area contributed by atoms with Crippen LogP contribution >= 0.6 is 0 Å². The molecule has 0 saturated heterocycles. The fourth-order valence-corrected chi connectivity index (χ4v) is 2.71. The number of hydrogen-bond donors (Lipinski definition) is 3. The van der Waals surface area contributed by atoms with E-state index in [1.54, 1.807) is 6.07 Å². The normalized spacial score (nSPS) is 10.7. The molecule has 0 aliphatic rings. The molecular formula is C20H19NO3. The van der Waals surface area contributed by atoms with Crippen molar-refractivity contribution >= 4 is 16.7 Å². The summed E-state index contributed by atoms with van der Waals surface area (Å²) in [5.41, 5.74) is 1.90. The summed E-state index contributed by atoms with van der Waals surface area (Å²) in [7, 11) is 0. The minimum Gasteiger partial charge on any atom is -0.504 e. The number of amides is 1. The van der Waals surface area contributed by atoms with Crippen molar-refractivity contribution in [3.63, 3.8) is 0 Å². The van der Waals surface area contributed by atoms with E-state index in [0.717, 1.165) is 21.9 Å². The first-order valence-electron chi connectivity index (χ1n) is 7.87. The molecule has 0 aliphatic heterocycles. The highest BCUT2D eigenvalue weighted by molar-refractivity contribution is 5.86. The molecule has 0 aromatic heterocycles. The maximum atomic E-state index is 12.1. The van der Waals surface area contributed by atoms with Gasteiger partial charge in [0, 0.05) is 13.0 Å². The lowest BCUT2D eigenvalue weighted by atomic mass is 10.0. The number of nitrogens with one attached hydrogen (secondary N) is 1. The standard InChI is InChI=1S/C20H19NO3/c22-18-10-8-14(12-19(18)23)9-11-20(24)21-13-16-6-3-5-15-4-1-2-7-17(15)16/h1-8,10,12,22-23H,9,11,13H2,(H,21,24). The second-order valence-corrected chi connectivity index (χ2v) is 5.74. The lowest BCUT2D eigenvalue weighted by Crippen LogP contribution is -2.23. The Morgan fingerprint density at radius 3 is 2.54 bits per heavy atom. The van der Waals surface area contributed by atoms with Gasteiger partial charge in [0.15, 0.2) is 11.5 Å². The number of phenolic OH excluding ortho intramolecular Hbond substituents is 2. The van der Waals surface area contributed by atoms with E-state index in [1.807, 2.05) is 24.3 Å². The Hall–Kier alpha value is -3.01. The third-order valence-electron chi connectivity index (χ3n) is 4.04. The van der Waals surface area contributed by atoms with Gasteiger partial charge in [0.05, 0.1) is 0 Å². The summed E-state index contributed by atoms with van der Waals surface area (Å²) in [5, 5.41) is 24.0. The number of phenols is 2. The van der Waals surface area contributed by atoms with E-state index >= 15 is 0 Å². The second kappa shape index (κ2) is 7.04. The van der Waals surface area contributed by atoms with Gasteiger partial charge >= 0.3 is 0 Å². The van der Waals surface area contributed by atoms with Crippen LogP contribution in [0.3, 0.4) is 0 Å². The van der Waals surface area contributed by atoms with Gasteiger partial charge in [-0.25, -0.2) is 0 Å². The number of carbonyl (C=O) groups is 1. The fourth-order valence-electron chi connectivity index (χ4n) is 2.71. The molecule has 24 heavy (non-hydrogen) atoms. The summed E-state index contributed by atoms with van der Waals surface area (Å²) >= 11 is 0. The van der Waals surface area contributed by atoms with Crippen molar-refractivity contribution in [2.75, 3.05) is 0 Å². The first kappa shape index (κ1) is 15.9. The largest absolute Gasteiger partial charge is 0.504 e. The fraction of sp³-hybridized carbons (Fsp3) is 0.150. The number of hydrogen-bond acceptors (Lipinski definition) is 3. The number of rotatable bonds is 5. The van der Waals surface area contributed by atoms with E-state index < -0.39 is 0 Å². The molecule has 0 spiro atoms. The minimum absolute atomic E-state index is 0.0458. The van der Waals surface area contributed by atoms with E-state index in [1.165, 1.54) is 12.1 Å². The first-order valence-corrected chi connectivity index (χ1v) is 7.87. The Bertz CT molecular complexity index is 868. The smallest absolute Gasteiger partial charge is 0.220 e. The lowest BCUT2D eigenvalue weighted by Gasteiger charge is -2.09. The van der Waals surface area contributed by atoms with Crippen LogP contribution in [-0.4, -0.2) is 16.1 Å². The third-order valence-corrected chi connectivity index (χ3v) is 4.04. The van der Waals surface area contributed by atoms with Crippen LogP contribution in [0.1, 0.15) is 17.5 Å². The summed E-state index contributed by atoms with van der Waals surface area (Å²) < 4.78 is 0. The summed E-state index contributed by atoms with van der Waals surface area (Å²) in [5.74, 6) is -0.363. The molecule has 1 amide bonds. The summed E-state index contributed by atoms with van der Waals surface area (Å²) in [6.07, 6.45) is 0.837. The van der Waals surface area contributed by atoms with Crippen LogP contribution in [0.25, 0.3) is 10.8 Å². The highest BCUT2D eigenvalue weighted by Gasteiger charge is 2.06. The molecule has 0 saturated carbocycles. The molecule has 3 rings (SSSR count). The van der Waals surface area contributed by atoms with Crippen molar-refractivity contribution in [2.24, 2.45) is 0 Å². The van der Waals surface area contributed by atoms with Gasteiger partial charge in [0.2, 0.25) is 5.91 Å². The van der Waals surface area contributed by atoms with Crippen molar-refractivity contribution in [1.82, 2.24) is 5.32 Å². The molecule has 4 nitrogen and oxygen atoms in total. The molecule has 0 aliphatic carbocycles. The number of fused-ring (bicyclic) bond motifs is 1. The van der Waals surface area contributed by atoms with Crippen LogP contribution in [0.4, 0.5) is 0 Å².